The minimum Gasteiger partial charge on any atom is -0.354 e. The van der Waals surface area contributed by atoms with E-state index in [0.717, 1.165) is 33.1 Å². The second kappa shape index (κ2) is 14.8. The van der Waals surface area contributed by atoms with Crippen molar-refractivity contribution in [2.75, 3.05) is 17.4 Å². The Balaban J connectivity index is 1.78. The zero-order chi connectivity index (χ0) is 31.7. The maximum atomic E-state index is 14.4. The van der Waals surface area contributed by atoms with Crippen LogP contribution >= 0.6 is 0 Å². The van der Waals surface area contributed by atoms with E-state index in [-0.39, 0.29) is 35.4 Å². The molecule has 0 unspecified atom stereocenters. The minimum atomic E-state index is -4.25. The summed E-state index contributed by atoms with van der Waals surface area (Å²) in [5, 5.41) is 2.97. The number of rotatable bonds is 13. The molecule has 1 atom stereocenters. The molecule has 44 heavy (non-hydrogen) atoms. The number of hydrogen-bond acceptors (Lipinski definition) is 4. The van der Waals surface area contributed by atoms with Crippen molar-refractivity contribution in [3.63, 3.8) is 0 Å². The van der Waals surface area contributed by atoms with Gasteiger partial charge < -0.3 is 10.2 Å². The topological polar surface area (TPSA) is 86.8 Å². The lowest BCUT2D eigenvalue weighted by Crippen LogP contribution is -2.53. The third kappa shape index (κ3) is 8.54. The van der Waals surface area contributed by atoms with Crippen LogP contribution in [0.2, 0.25) is 0 Å². The van der Waals surface area contributed by atoms with Crippen LogP contribution in [0.3, 0.4) is 0 Å². The molecule has 0 radical (unpaired) electrons. The Labute approximate surface area is 259 Å². The monoisotopic (exact) mass is 615 g/mol. The highest BCUT2D eigenvalue weighted by atomic mass is 32.2. The third-order valence-corrected chi connectivity index (χ3v) is 8.94. The van der Waals surface area contributed by atoms with E-state index in [1.54, 1.807) is 12.1 Å². The normalized spacial score (nSPS) is 12.0. The smallest absolute Gasteiger partial charge is 0.264 e. The highest BCUT2D eigenvalue weighted by Crippen LogP contribution is 2.25. The maximum Gasteiger partial charge on any atom is 0.264 e. The summed E-state index contributed by atoms with van der Waals surface area (Å²) in [6, 6.07) is 29.0. The maximum absolute atomic E-state index is 14.4. The lowest BCUT2D eigenvalue weighted by Gasteiger charge is -2.34. The van der Waals surface area contributed by atoms with Crippen LogP contribution < -0.4 is 9.62 Å². The Morgan fingerprint density at radius 1 is 0.795 bits per heavy atom. The first-order valence-corrected chi connectivity index (χ1v) is 16.0. The molecule has 2 amide bonds. The van der Waals surface area contributed by atoms with Gasteiger partial charge in [-0.25, -0.2) is 12.8 Å². The molecule has 1 N–H and O–H groups in total. The van der Waals surface area contributed by atoms with Gasteiger partial charge in [0.25, 0.3) is 10.0 Å². The number of benzene rings is 4. The van der Waals surface area contributed by atoms with Crippen molar-refractivity contribution < 1.29 is 22.4 Å². The number of anilines is 1. The largest absolute Gasteiger partial charge is 0.354 e. The van der Waals surface area contributed by atoms with Gasteiger partial charge in [0, 0.05) is 19.5 Å². The number of carbonyl (C=O) groups is 2. The highest BCUT2D eigenvalue weighted by Gasteiger charge is 2.34. The molecular weight excluding hydrogens is 577 g/mol. The molecule has 0 aliphatic heterocycles. The molecular formula is C35H38FN3O4S. The van der Waals surface area contributed by atoms with Gasteiger partial charge in [-0.05, 0) is 60.4 Å². The summed E-state index contributed by atoms with van der Waals surface area (Å²) in [5.74, 6) is -1.26. The summed E-state index contributed by atoms with van der Waals surface area (Å²) in [6.07, 6.45) is 0.227. The summed E-state index contributed by atoms with van der Waals surface area (Å²) >= 11 is 0. The van der Waals surface area contributed by atoms with Crippen molar-refractivity contribution in [3.8, 4) is 0 Å². The summed E-state index contributed by atoms with van der Waals surface area (Å²) in [7, 11) is -4.25. The standard InChI is InChI=1S/C35H38FN3O4S/c1-26(2)23-37-35(41)33(22-28-10-6-4-7-11-28)38(24-29-12-8-5-9-13-29)34(40)25-39(31-18-16-30(36)17-19-31)44(42,43)32-20-14-27(3)15-21-32/h4-21,26,33H,22-25H2,1-3H3,(H,37,41)/t33-/m1/s1. The molecule has 9 heteroatoms. The Morgan fingerprint density at radius 3 is 1.93 bits per heavy atom. The molecule has 0 saturated carbocycles. The van der Waals surface area contributed by atoms with Crippen LogP contribution in [0.5, 0.6) is 0 Å². The number of carbonyl (C=O) groups excluding carboxylic acids is 2. The summed E-state index contributed by atoms with van der Waals surface area (Å²) in [6.45, 7) is 5.70. The molecule has 0 aliphatic rings. The van der Waals surface area contributed by atoms with Crippen molar-refractivity contribution in [1.29, 1.82) is 0 Å². The average molecular weight is 616 g/mol. The number of sulfonamides is 1. The molecule has 7 nitrogen and oxygen atoms in total. The second-order valence-electron chi connectivity index (χ2n) is 11.2. The number of halogens is 1. The average Bonchev–Trinajstić information content (AvgIpc) is 3.02. The van der Waals surface area contributed by atoms with Crippen LogP contribution in [-0.2, 0) is 32.6 Å². The molecule has 0 saturated heterocycles. The van der Waals surface area contributed by atoms with Crippen LogP contribution in [0, 0.1) is 18.7 Å². The molecule has 0 aliphatic carbocycles. The zero-order valence-corrected chi connectivity index (χ0v) is 26.0. The quantitative estimate of drug-likeness (QED) is 0.208. The van der Waals surface area contributed by atoms with E-state index in [9.17, 15) is 22.4 Å². The molecule has 0 spiro atoms. The predicted octanol–water partition coefficient (Wildman–Crippen LogP) is 5.74. The van der Waals surface area contributed by atoms with Crippen molar-refractivity contribution in [2.45, 2.75) is 44.7 Å². The first-order chi connectivity index (χ1) is 21.0. The first-order valence-electron chi connectivity index (χ1n) is 14.5. The van der Waals surface area contributed by atoms with E-state index in [1.165, 1.54) is 29.2 Å². The van der Waals surface area contributed by atoms with E-state index in [4.69, 9.17) is 0 Å². The van der Waals surface area contributed by atoms with Gasteiger partial charge in [-0.3, -0.25) is 13.9 Å². The van der Waals surface area contributed by atoms with Gasteiger partial charge in [-0.2, -0.15) is 0 Å². The van der Waals surface area contributed by atoms with Crippen molar-refractivity contribution >= 4 is 27.5 Å². The number of nitrogens with one attached hydrogen (secondary N) is 1. The molecule has 4 aromatic rings. The van der Waals surface area contributed by atoms with Gasteiger partial charge in [0.1, 0.15) is 18.4 Å². The molecule has 230 valence electrons. The summed E-state index contributed by atoms with van der Waals surface area (Å²) < 4.78 is 42.9. The van der Waals surface area contributed by atoms with Crippen LogP contribution in [-0.4, -0.2) is 44.3 Å². The zero-order valence-electron chi connectivity index (χ0n) is 25.2. The Hall–Kier alpha value is -4.50. The number of nitrogens with zero attached hydrogens (tertiary/aromatic N) is 2. The lowest BCUT2D eigenvalue weighted by molar-refractivity contribution is -0.140. The van der Waals surface area contributed by atoms with Crippen LogP contribution in [0.15, 0.2) is 114 Å². The number of amides is 2. The van der Waals surface area contributed by atoms with E-state index in [0.29, 0.717) is 6.54 Å². The van der Waals surface area contributed by atoms with Gasteiger partial charge in [0.05, 0.1) is 10.6 Å². The van der Waals surface area contributed by atoms with Crippen molar-refractivity contribution in [3.05, 3.63) is 132 Å². The molecule has 4 aromatic carbocycles. The Bertz CT molecular complexity index is 1630. The van der Waals surface area contributed by atoms with Crippen LogP contribution in [0.25, 0.3) is 0 Å². The van der Waals surface area contributed by atoms with Gasteiger partial charge in [-0.15, -0.1) is 0 Å². The van der Waals surface area contributed by atoms with E-state index < -0.39 is 34.3 Å². The predicted molar refractivity (Wildman–Crippen MR) is 171 cm³/mol. The summed E-state index contributed by atoms with van der Waals surface area (Å²) in [4.78, 5) is 29.6. The van der Waals surface area contributed by atoms with E-state index in [1.807, 2.05) is 81.4 Å². The molecule has 0 bridgehead atoms. The minimum absolute atomic E-state index is 0.00894. The highest BCUT2D eigenvalue weighted by molar-refractivity contribution is 7.92. The number of hydrogen-bond donors (Lipinski definition) is 1. The fourth-order valence-electron chi connectivity index (χ4n) is 4.73. The number of aryl methyl sites for hydroxylation is 1. The molecule has 0 aromatic heterocycles. The van der Waals surface area contributed by atoms with Crippen LogP contribution in [0.1, 0.15) is 30.5 Å². The van der Waals surface area contributed by atoms with Gasteiger partial charge in [0.2, 0.25) is 11.8 Å². The molecule has 4 rings (SSSR count). The SMILES string of the molecule is Cc1ccc(S(=O)(=O)N(CC(=O)N(Cc2ccccc2)[C@H](Cc2ccccc2)C(=O)NCC(C)C)c2ccc(F)cc2)cc1. The van der Waals surface area contributed by atoms with Gasteiger partial charge >= 0.3 is 0 Å². The first kappa shape index (κ1) is 32.4. The van der Waals surface area contributed by atoms with Gasteiger partial charge in [0.15, 0.2) is 0 Å². The van der Waals surface area contributed by atoms with Gasteiger partial charge in [-0.1, -0.05) is 92.2 Å². The fraction of sp³-hybridized carbons (Fsp3) is 0.257. The van der Waals surface area contributed by atoms with Crippen LogP contribution in [0.4, 0.5) is 10.1 Å². The van der Waals surface area contributed by atoms with Crippen molar-refractivity contribution in [2.24, 2.45) is 5.92 Å². The Kier molecular flexibility index (Phi) is 10.9. The third-order valence-electron chi connectivity index (χ3n) is 7.15. The van der Waals surface area contributed by atoms with Crippen molar-refractivity contribution in [1.82, 2.24) is 10.2 Å². The molecule has 0 heterocycles. The van der Waals surface area contributed by atoms with E-state index >= 15 is 0 Å². The molecule has 0 fully saturated rings. The lowest BCUT2D eigenvalue weighted by atomic mass is 10.0. The summed E-state index contributed by atoms with van der Waals surface area (Å²) in [5.41, 5.74) is 2.64. The fourth-order valence-corrected chi connectivity index (χ4v) is 6.14. The van der Waals surface area contributed by atoms with E-state index in [2.05, 4.69) is 5.32 Å². The second-order valence-corrected chi connectivity index (χ2v) is 13.0. The Morgan fingerprint density at radius 2 is 1.36 bits per heavy atom.